The van der Waals surface area contributed by atoms with Gasteiger partial charge in [-0.05, 0) is 105 Å². The molecule has 0 radical (unpaired) electrons. The third-order valence-electron chi connectivity index (χ3n) is 13.2. The minimum atomic E-state index is -0.333. The predicted octanol–water partition coefficient (Wildman–Crippen LogP) is 14.5. The van der Waals surface area contributed by atoms with E-state index in [1.807, 2.05) is 6.20 Å². The van der Waals surface area contributed by atoms with Gasteiger partial charge in [-0.25, -0.2) is 4.98 Å². The van der Waals surface area contributed by atoms with Gasteiger partial charge in [0.25, 0.3) is 6.33 Å². The fourth-order valence-corrected chi connectivity index (χ4v) is 9.10. The normalized spacial score (nSPS) is 12.2. The fraction of sp³-hybridized carbons (Fsp3) is 0.167. The maximum atomic E-state index is 6.97. The first-order valence-corrected chi connectivity index (χ1v) is 22.5. The van der Waals surface area contributed by atoms with Gasteiger partial charge in [0.05, 0.1) is 22.4 Å². The molecule has 10 aromatic rings. The van der Waals surface area contributed by atoms with Gasteiger partial charge in [0, 0.05) is 46.3 Å². The Hall–Kier alpha value is -7.50. The Bertz CT molecular complexity index is 3320. The number of fused-ring (bicyclic) bond motifs is 3. The van der Waals surface area contributed by atoms with Crippen LogP contribution in [-0.4, -0.2) is 14.1 Å². The molecule has 0 aliphatic rings. The predicted molar refractivity (Wildman–Crippen MR) is 266 cm³/mol. The molecule has 0 saturated carbocycles. The molecule has 0 fully saturated rings. The molecule has 0 spiro atoms. The molecule has 0 N–H and O–H groups in total. The average Bonchev–Trinajstić information content (AvgIpc) is 3.96. The number of para-hydroxylation sites is 1. The summed E-state index contributed by atoms with van der Waals surface area (Å²) in [7, 11) is 0. The molecule has 3 heterocycles. The molecular formula is C60H54N4O. The second-order valence-corrected chi connectivity index (χ2v) is 19.3. The lowest BCUT2D eigenvalue weighted by atomic mass is 9.77. The first-order valence-electron chi connectivity index (χ1n) is 22.5. The van der Waals surface area contributed by atoms with Crippen molar-refractivity contribution in [2.75, 3.05) is 0 Å². The van der Waals surface area contributed by atoms with Crippen LogP contribution < -0.4 is 9.30 Å². The summed E-state index contributed by atoms with van der Waals surface area (Å²) < 4.78 is 13.4. The van der Waals surface area contributed by atoms with Crippen molar-refractivity contribution in [3.63, 3.8) is 0 Å². The summed E-state index contributed by atoms with van der Waals surface area (Å²) >= 11 is 0. The Balaban J connectivity index is 1.08. The zero-order valence-corrected chi connectivity index (χ0v) is 38.2. The Labute approximate surface area is 382 Å². The van der Waals surface area contributed by atoms with Crippen LogP contribution in [0.5, 0.6) is 11.5 Å². The van der Waals surface area contributed by atoms with E-state index in [0.717, 1.165) is 56.2 Å². The largest absolute Gasteiger partial charge is 0.458 e. The van der Waals surface area contributed by atoms with Crippen LogP contribution >= 0.6 is 0 Å². The van der Waals surface area contributed by atoms with E-state index in [2.05, 4.69) is 263 Å². The average molecular weight is 847 g/mol. The van der Waals surface area contributed by atoms with E-state index < -0.39 is 0 Å². The van der Waals surface area contributed by atoms with Gasteiger partial charge in [-0.15, -0.1) is 0 Å². The van der Waals surface area contributed by atoms with Crippen LogP contribution in [0.2, 0.25) is 0 Å². The van der Waals surface area contributed by atoms with Gasteiger partial charge in [-0.2, -0.15) is 0 Å². The monoisotopic (exact) mass is 846 g/mol. The molecule has 10 rings (SSSR count). The number of benzene rings is 7. The lowest BCUT2D eigenvalue weighted by molar-refractivity contribution is -0.599. The lowest BCUT2D eigenvalue weighted by Gasteiger charge is -2.28. The summed E-state index contributed by atoms with van der Waals surface area (Å²) in [6, 6.07) is 64.8. The van der Waals surface area contributed by atoms with Crippen LogP contribution in [0.3, 0.4) is 0 Å². The van der Waals surface area contributed by atoms with E-state index in [0.29, 0.717) is 0 Å². The highest BCUT2D eigenvalue weighted by atomic mass is 16.5. The first kappa shape index (κ1) is 41.5. The molecule has 0 aliphatic heterocycles. The van der Waals surface area contributed by atoms with Crippen molar-refractivity contribution in [3.8, 4) is 39.8 Å². The van der Waals surface area contributed by atoms with Gasteiger partial charge in [0.1, 0.15) is 17.3 Å². The smallest absolute Gasteiger partial charge is 0.268 e. The Kier molecular flexibility index (Phi) is 10.4. The van der Waals surface area contributed by atoms with Crippen LogP contribution in [0.15, 0.2) is 201 Å². The van der Waals surface area contributed by atoms with Crippen molar-refractivity contribution in [2.45, 2.75) is 64.7 Å². The Morgan fingerprint density at radius 2 is 1.12 bits per heavy atom. The maximum absolute atomic E-state index is 6.97. The minimum Gasteiger partial charge on any atom is -0.458 e. The highest BCUT2D eigenvalue weighted by Crippen LogP contribution is 2.40. The standard InChI is InChI=1S/C60H54N4O/c1-58(2,3)46-29-30-61-57(38-46)64-55-26-18-17-25-53(55)54-28-27-51(40-56(54)64)65-52-37-48(60(6,7)45-23-15-10-16-24-45)36-50(39-52)63-32-31-62(41-63)49-34-43(42-19-11-8-12-20-42)33-47(35-49)59(4,5)44-21-13-9-14-22-44/h8-40H,1-7H3. The zero-order chi connectivity index (χ0) is 44.9. The van der Waals surface area contributed by atoms with Crippen molar-refractivity contribution in [3.05, 3.63) is 235 Å². The van der Waals surface area contributed by atoms with E-state index >= 15 is 0 Å². The van der Waals surface area contributed by atoms with Gasteiger partial charge in [0.2, 0.25) is 0 Å². The van der Waals surface area contributed by atoms with Crippen molar-refractivity contribution >= 4 is 21.8 Å². The number of pyridine rings is 1. The lowest BCUT2D eigenvalue weighted by Crippen LogP contribution is -2.29. The SMILES string of the molecule is CC(C)(C)c1ccnc(-n2c3ccccc3c3ccc(Oc4cc(-n5[c-][n+](-c6cc(-c7ccccc7)cc(C(C)(C)c7ccccc7)c6)cc5)cc(C(C)(C)c5ccccc5)c4)cc32)c1. The number of aromatic nitrogens is 4. The topological polar surface area (TPSA) is 35.9 Å². The van der Waals surface area contributed by atoms with E-state index in [1.54, 1.807) is 0 Å². The third kappa shape index (κ3) is 7.93. The quantitative estimate of drug-likeness (QED) is 0.102. The van der Waals surface area contributed by atoms with Crippen molar-refractivity contribution in [1.29, 1.82) is 0 Å². The highest BCUT2D eigenvalue weighted by Gasteiger charge is 2.27. The maximum Gasteiger partial charge on any atom is 0.268 e. The summed E-state index contributed by atoms with van der Waals surface area (Å²) in [5.41, 5.74) is 11.9. The zero-order valence-electron chi connectivity index (χ0n) is 38.2. The second kappa shape index (κ2) is 16.2. The van der Waals surface area contributed by atoms with Gasteiger partial charge >= 0.3 is 0 Å². The van der Waals surface area contributed by atoms with E-state index in [1.165, 1.54) is 33.2 Å². The molecule has 65 heavy (non-hydrogen) atoms. The number of rotatable bonds is 10. The molecule has 7 aromatic carbocycles. The molecular weight excluding hydrogens is 793 g/mol. The van der Waals surface area contributed by atoms with E-state index in [-0.39, 0.29) is 16.2 Å². The molecule has 0 aliphatic carbocycles. The summed E-state index contributed by atoms with van der Waals surface area (Å²) in [5, 5.41) is 2.32. The molecule has 5 heteroatoms. The Morgan fingerprint density at radius 3 is 1.82 bits per heavy atom. The van der Waals surface area contributed by atoms with Crippen LogP contribution in [0.4, 0.5) is 0 Å². The summed E-state index contributed by atoms with van der Waals surface area (Å²) in [6.07, 6.45) is 9.79. The number of hydrogen-bond acceptors (Lipinski definition) is 2. The first-order chi connectivity index (χ1) is 31.3. The summed E-state index contributed by atoms with van der Waals surface area (Å²) in [5.74, 6) is 2.37. The Morgan fingerprint density at radius 1 is 0.492 bits per heavy atom. The second-order valence-electron chi connectivity index (χ2n) is 19.3. The highest BCUT2D eigenvalue weighted by molar-refractivity contribution is 6.09. The molecule has 320 valence electrons. The van der Waals surface area contributed by atoms with Crippen LogP contribution in [0.25, 0.3) is 50.1 Å². The number of nitrogens with zero attached hydrogens (tertiary/aromatic N) is 4. The molecule has 0 atom stereocenters. The van der Waals surface area contributed by atoms with E-state index in [4.69, 9.17) is 9.72 Å². The molecule has 3 aromatic heterocycles. The summed E-state index contributed by atoms with van der Waals surface area (Å²) in [6.45, 7) is 15.9. The summed E-state index contributed by atoms with van der Waals surface area (Å²) in [4.78, 5) is 4.91. The van der Waals surface area contributed by atoms with Gasteiger partial charge in [-0.1, -0.05) is 164 Å². The van der Waals surface area contributed by atoms with Crippen molar-refractivity contribution in [1.82, 2.24) is 14.1 Å². The molecule has 0 saturated heterocycles. The van der Waals surface area contributed by atoms with Crippen molar-refractivity contribution < 1.29 is 9.30 Å². The number of imidazole rings is 1. The van der Waals surface area contributed by atoms with Crippen LogP contribution in [0.1, 0.15) is 76.3 Å². The molecule has 0 amide bonds. The molecule has 0 unspecified atom stereocenters. The molecule has 5 nitrogen and oxygen atoms in total. The molecule has 0 bridgehead atoms. The van der Waals surface area contributed by atoms with E-state index in [9.17, 15) is 0 Å². The van der Waals surface area contributed by atoms with Gasteiger partial charge in [0.15, 0.2) is 0 Å². The van der Waals surface area contributed by atoms with Crippen molar-refractivity contribution in [2.24, 2.45) is 0 Å². The number of hydrogen-bond donors (Lipinski definition) is 0. The van der Waals surface area contributed by atoms with Crippen LogP contribution in [-0.2, 0) is 16.2 Å². The fourth-order valence-electron chi connectivity index (χ4n) is 9.10. The number of ether oxygens (including phenoxy) is 1. The third-order valence-corrected chi connectivity index (χ3v) is 13.2. The van der Waals surface area contributed by atoms with Gasteiger partial charge in [-0.3, -0.25) is 13.7 Å². The minimum absolute atomic E-state index is 0.0220. The van der Waals surface area contributed by atoms with Gasteiger partial charge < -0.3 is 4.74 Å². The van der Waals surface area contributed by atoms with Crippen LogP contribution in [0, 0.1) is 6.33 Å².